The van der Waals surface area contributed by atoms with Crippen LogP contribution >= 0.6 is 0 Å². The van der Waals surface area contributed by atoms with Gasteiger partial charge in [-0.05, 0) is 44.4 Å². The number of hydrogen-bond acceptors (Lipinski definition) is 2. The molecule has 0 fully saturated rings. The molecule has 0 aliphatic carbocycles. The number of aromatic amines is 1. The van der Waals surface area contributed by atoms with Crippen LogP contribution in [0.1, 0.15) is 49.6 Å². The van der Waals surface area contributed by atoms with Crippen molar-refractivity contribution in [2.24, 2.45) is 0 Å². The zero-order chi connectivity index (χ0) is 17.9. The molecule has 3 N–H and O–H groups in total. The molecule has 0 unspecified atom stereocenters. The third kappa shape index (κ3) is 4.16. The van der Waals surface area contributed by atoms with Crippen molar-refractivity contribution in [3.05, 3.63) is 34.5 Å². The fourth-order valence-corrected chi connectivity index (χ4v) is 3.15. The van der Waals surface area contributed by atoms with Crippen molar-refractivity contribution in [2.75, 3.05) is 0 Å². The Kier molecular flexibility index (Phi) is 5.65. The molecule has 0 bridgehead atoms. The Labute approximate surface area is 143 Å². The van der Waals surface area contributed by atoms with Gasteiger partial charge in [-0.15, -0.1) is 0 Å². The maximum absolute atomic E-state index is 12.1. The summed E-state index contributed by atoms with van der Waals surface area (Å²) in [6.07, 6.45) is 1.23. The summed E-state index contributed by atoms with van der Waals surface area (Å²) < 4.78 is 0. The van der Waals surface area contributed by atoms with Crippen LogP contribution in [-0.4, -0.2) is 22.8 Å². The molecule has 5 heteroatoms. The van der Waals surface area contributed by atoms with Gasteiger partial charge in [0.05, 0.1) is 5.52 Å². The van der Waals surface area contributed by atoms with Crippen LogP contribution in [0.3, 0.4) is 0 Å². The Hall–Kier alpha value is -2.30. The first kappa shape index (κ1) is 18.0. The van der Waals surface area contributed by atoms with E-state index in [1.807, 2.05) is 6.92 Å². The summed E-state index contributed by atoms with van der Waals surface area (Å²) in [7, 11) is 0. The Morgan fingerprint density at radius 3 is 2.58 bits per heavy atom. The third-order valence-corrected chi connectivity index (χ3v) is 4.27. The van der Waals surface area contributed by atoms with Crippen LogP contribution in [-0.2, 0) is 22.6 Å². The van der Waals surface area contributed by atoms with Gasteiger partial charge in [-0.1, -0.05) is 18.6 Å². The SMILES string of the molecule is CCc1[nH]c2c(CNC(=O)C[C@@H](C)NC(C)=O)cc(C)cc2c1C. The van der Waals surface area contributed by atoms with Crippen LogP contribution in [0.25, 0.3) is 10.9 Å². The molecule has 1 aromatic heterocycles. The largest absolute Gasteiger partial charge is 0.358 e. The first-order valence-electron chi connectivity index (χ1n) is 8.46. The molecule has 2 aromatic rings. The summed E-state index contributed by atoms with van der Waals surface area (Å²) in [5, 5.41) is 6.91. The average Bonchev–Trinajstić information content (AvgIpc) is 2.80. The van der Waals surface area contributed by atoms with Crippen molar-refractivity contribution < 1.29 is 9.59 Å². The molecule has 0 aliphatic rings. The second-order valence-electron chi connectivity index (χ2n) is 6.51. The van der Waals surface area contributed by atoms with Gasteiger partial charge >= 0.3 is 0 Å². The van der Waals surface area contributed by atoms with Crippen LogP contribution < -0.4 is 10.6 Å². The highest BCUT2D eigenvalue weighted by Crippen LogP contribution is 2.26. The average molecular weight is 329 g/mol. The Balaban J connectivity index is 2.12. The normalized spacial score (nSPS) is 12.2. The summed E-state index contributed by atoms with van der Waals surface area (Å²) in [6.45, 7) is 10.1. The van der Waals surface area contributed by atoms with Crippen LogP contribution in [0.4, 0.5) is 0 Å². The lowest BCUT2D eigenvalue weighted by Gasteiger charge is -2.13. The van der Waals surface area contributed by atoms with Crippen molar-refractivity contribution in [2.45, 2.75) is 60.0 Å². The number of hydrogen-bond donors (Lipinski definition) is 3. The van der Waals surface area contributed by atoms with E-state index in [0.717, 1.165) is 17.5 Å². The van der Waals surface area contributed by atoms with E-state index >= 15 is 0 Å². The molecule has 2 rings (SSSR count). The molecule has 0 aliphatic heterocycles. The van der Waals surface area contributed by atoms with Gasteiger partial charge in [-0.2, -0.15) is 0 Å². The highest BCUT2D eigenvalue weighted by molar-refractivity contribution is 5.88. The molecule has 1 atom stereocenters. The quantitative estimate of drug-likeness (QED) is 0.762. The molecular formula is C19H27N3O2. The molecule has 130 valence electrons. The Morgan fingerprint density at radius 1 is 1.25 bits per heavy atom. The van der Waals surface area contributed by atoms with E-state index in [1.165, 1.54) is 29.1 Å². The van der Waals surface area contributed by atoms with E-state index in [2.05, 4.69) is 48.5 Å². The van der Waals surface area contributed by atoms with Gasteiger partial charge in [-0.25, -0.2) is 0 Å². The van der Waals surface area contributed by atoms with Gasteiger partial charge in [0.25, 0.3) is 0 Å². The number of amides is 2. The predicted octanol–water partition coefficient (Wildman–Crippen LogP) is 2.88. The Bertz CT molecular complexity index is 762. The smallest absolute Gasteiger partial charge is 0.222 e. The number of benzene rings is 1. The number of nitrogens with one attached hydrogen (secondary N) is 3. The molecule has 5 nitrogen and oxygen atoms in total. The molecule has 2 amide bonds. The van der Waals surface area contributed by atoms with Gasteiger partial charge in [-0.3, -0.25) is 9.59 Å². The lowest BCUT2D eigenvalue weighted by Crippen LogP contribution is -2.35. The predicted molar refractivity (Wildman–Crippen MR) is 96.9 cm³/mol. The maximum atomic E-state index is 12.1. The van der Waals surface area contributed by atoms with Gasteiger partial charge < -0.3 is 15.6 Å². The summed E-state index contributed by atoms with van der Waals surface area (Å²) in [4.78, 5) is 26.6. The molecule has 1 aromatic carbocycles. The minimum Gasteiger partial charge on any atom is -0.358 e. The number of aryl methyl sites for hydroxylation is 3. The van der Waals surface area contributed by atoms with Crippen molar-refractivity contribution in [3.63, 3.8) is 0 Å². The monoisotopic (exact) mass is 329 g/mol. The van der Waals surface area contributed by atoms with Crippen LogP contribution in [0, 0.1) is 13.8 Å². The summed E-state index contributed by atoms with van der Waals surface area (Å²) in [6, 6.07) is 4.12. The molecule has 0 saturated carbocycles. The fraction of sp³-hybridized carbons (Fsp3) is 0.474. The van der Waals surface area contributed by atoms with E-state index < -0.39 is 0 Å². The van der Waals surface area contributed by atoms with Crippen LogP contribution in [0.2, 0.25) is 0 Å². The zero-order valence-electron chi connectivity index (χ0n) is 15.2. The standard InChI is InChI=1S/C19H27N3O2/c1-6-17-13(4)16-8-11(2)7-15(19(16)22-17)10-20-18(24)9-12(3)21-14(5)23/h7-8,12,22H,6,9-10H2,1-5H3,(H,20,24)(H,21,23)/t12-/m1/s1. The number of carbonyl (C=O) groups excluding carboxylic acids is 2. The summed E-state index contributed by atoms with van der Waals surface area (Å²) >= 11 is 0. The minimum absolute atomic E-state index is 0.0649. The summed E-state index contributed by atoms with van der Waals surface area (Å²) in [5.41, 5.74) is 5.90. The van der Waals surface area contributed by atoms with Gasteiger partial charge in [0, 0.05) is 37.0 Å². The second kappa shape index (κ2) is 7.51. The van der Waals surface area contributed by atoms with Crippen molar-refractivity contribution in [3.8, 4) is 0 Å². The zero-order valence-corrected chi connectivity index (χ0v) is 15.2. The number of fused-ring (bicyclic) bond motifs is 1. The van der Waals surface area contributed by atoms with E-state index in [-0.39, 0.29) is 24.3 Å². The van der Waals surface area contributed by atoms with Crippen LogP contribution in [0.5, 0.6) is 0 Å². The number of rotatable bonds is 6. The van der Waals surface area contributed by atoms with Crippen LogP contribution in [0.15, 0.2) is 12.1 Å². The van der Waals surface area contributed by atoms with E-state index in [1.54, 1.807) is 0 Å². The molecule has 1 heterocycles. The highest BCUT2D eigenvalue weighted by atomic mass is 16.2. The van der Waals surface area contributed by atoms with Crippen molar-refractivity contribution in [1.29, 1.82) is 0 Å². The summed E-state index contributed by atoms with van der Waals surface area (Å²) in [5.74, 6) is -0.186. The van der Waals surface area contributed by atoms with E-state index in [9.17, 15) is 9.59 Å². The van der Waals surface area contributed by atoms with Crippen molar-refractivity contribution in [1.82, 2.24) is 15.6 Å². The van der Waals surface area contributed by atoms with Gasteiger partial charge in [0.1, 0.15) is 0 Å². The fourth-order valence-electron chi connectivity index (χ4n) is 3.15. The number of aromatic nitrogens is 1. The number of H-pyrrole nitrogens is 1. The molecule has 24 heavy (non-hydrogen) atoms. The molecular weight excluding hydrogens is 302 g/mol. The molecule has 0 saturated heterocycles. The highest BCUT2D eigenvalue weighted by Gasteiger charge is 2.13. The lowest BCUT2D eigenvalue weighted by atomic mass is 10.0. The maximum Gasteiger partial charge on any atom is 0.222 e. The number of carbonyl (C=O) groups is 2. The second-order valence-corrected chi connectivity index (χ2v) is 6.51. The van der Waals surface area contributed by atoms with E-state index in [4.69, 9.17) is 0 Å². The van der Waals surface area contributed by atoms with Crippen molar-refractivity contribution >= 4 is 22.7 Å². The van der Waals surface area contributed by atoms with Gasteiger partial charge in [0.2, 0.25) is 11.8 Å². The minimum atomic E-state index is -0.167. The van der Waals surface area contributed by atoms with Gasteiger partial charge in [0.15, 0.2) is 0 Å². The van der Waals surface area contributed by atoms with E-state index in [0.29, 0.717) is 6.54 Å². The first-order chi connectivity index (χ1) is 11.3. The Morgan fingerprint density at radius 2 is 1.96 bits per heavy atom. The molecule has 0 radical (unpaired) electrons. The lowest BCUT2D eigenvalue weighted by molar-refractivity contribution is -0.122. The third-order valence-electron chi connectivity index (χ3n) is 4.27. The molecule has 0 spiro atoms. The first-order valence-corrected chi connectivity index (χ1v) is 8.46. The topological polar surface area (TPSA) is 74.0 Å².